The lowest BCUT2D eigenvalue weighted by Crippen LogP contribution is -2.03. The van der Waals surface area contributed by atoms with E-state index in [1.54, 1.807) is 30.3 Å². The largest absolute Gasteiger partial charge is 0.478 e. The van der Waals surface area contributed by atoms with Crippen LogP contribution in [0.25, 0.3) is 10.9 Å². The van der Waals surface area contributed by atoms with Crippen LogP contribution in [0.1, 0.15) is 16.1 Å². The molecule has 0 fully saturated rings. The highest BCUT2D eigenvalue weighted by molar-refractivity contribution is 6.04. The van der Waals surface area contributed by atoms with Crippen molar-refractivity contribution in [3.8, 4) is 11.6 Å². The van der Waals surface area contributed by atoms with Gasteiger partial charge in [0.05, 0.1) is 11.7 Å². The molecule has 0 spiro atoms. The number of aromatic nitrogens is 2. The number of nitrogens with zero attached hydrogens (tertiary/aromatic N) is 2. The van der Waals surface area contributed by atoms with Crippen molar-refractivity contribution in [2.75, 3.05) is 0 Å². The molecule has 0 aliphatic carbocycles. The molecule has 0 radical (unpaired) electrons. The predicted molar refractivity (Wildman–Crippen MR) is 77.8 cm³/mol. The molecule has 5 heteroatoms. The van der Waals surface area contributed by atoms with E-state index in [0.29, 0.717) is 16.8 Å². The predicted octanol–water partition coefficient (Wildman–Crippen LogP) is 3.43. The first kappa shape index (κ1) is 13.1. The van der Waals surface area contributed by atoms with Crippen LogP contribution in [0.3, 0.4) is 0 Å². The molecule has 0 saturated heterocycles. The standard InChI is InChI=1S/C16H12N2O3/c1-10-5-4-8-14(18-10)21-13-9-17-12-7-3-2-6-11(12)15(13)16(19)20/h2-9H,1H3,(H,19,20). The summed E-state index contributed by atoms with van der Waals surface area (Å²) in [6.45, 7) is 1.84. The molecule has 1 N–H and O–H groups in total. The maximum absolute atomic E-state index is 11.6. The van der Waals surface area contributed by atoms with E-state index < -0.39 is 5.97 Å². The normalized spacial score (nSPS) is 10.5. The van der Waals surface area contributed by atoms with E-state index in [2.05, 4.69) is 9.97 Å². The summed E-state index contributed by atoms with van der Waals surface area (Å²) in [6.07, 6.45) is 1.41. The second-order valence-electron chi connectivity index (χ2n) is 4.54. The second kappa shape index (κ2) is 5.20. The number of aryl methyl sites for hydroxylation is 1. The number of rotatable bonds is 3. The van der Waals surface area contributed by atoms with Gasteiger partial charge in [0.1, 0.15) is 5.56 Å². The van der Waals surface area contributed by atoms with E-state index in [-0.39, 0.29) is 11.3 Å². The highest BCUT2D eigenvalue weighted by atomic mass is 16.5. The number of carbonyl (C=O) groups is 1. The van der Waals surface area contributed by atoms with Gasteiger partial charge in [0.25, 0.3) is 0 Å². The molecular weight excluding hydrogens is 268 g/mol. The highest BCUT2D eigenvalue weighted by Gasteiger charge is 2.17. The van der Waals surface area contributed by atoms with Gasteiger partial charge in [0.15, 0.2) is 5.75 Å². The molecule has 2 heterocycles. The first-order chi connectivity index (χ1) is 10.1. The maximum atomic E-state index is 11.6. The minimum absolute atomic E-state index is 0.0870. The van der Waals surface area contributed by atoms with Gasteiger partial charge in [-0.15, -0.1) is 0 Å². The van der Waals surface area contributed by atoms with E-state index in [1.807, 2.05) is 19.1 Å². The van der Waals surface area contributed by atoms with Crippen molar-refractivity contribution >= 4 is 16.9 Å². The van der Waals surface area contributed by atoms with Crippen molar-refractivity contribution in [3.63, 3.8) is 0 Å². The number of ether oxygens (including phenoxy) is 1. The summed E-state index contributed by atoms with van der Waals surface area (Å²) < 4.78 is 5.61. The lowest BCUT2D eigenvalue weighted by Gasteiger charge is -2.10. The number of aromatic carboxylic acids is 1. The Morgan fingerprint density at radius 3 is 2.71 bits per heavy atom. The Hall–Kier alpha value is -2.95. The Bertz CT molecular complexity index is 831. The number of para-hydroxylation sites is 1. The summed E-state index contributed by atoms with van der Waals surface area (Å²) in [4.78, 5) is 20.0. The molecule has 0 atom stereocenters. The fourth-order valence-electron chi connectivity index (χ4n) is 2.11. The first-order valence-corrected chi connectivity index (χ1v) is 6.38. The van der Waals surface area contributed by atoms with Gasteiger partial charge in [-0.05, 0) is 19.1 Å². The number of benzene rings is 1. The van der Waals surface area contributed by atoms with E-state index in [4.69, 9.17) is 4.74 Å². The number of fused-ring (bicyclic) bond motifs is 1. The zero-order valence-electron chi connectivity index (χ0n) is 11.3. The summed E-state index contributed by atoms with van der Waals surface area (Å²) >= 11 is 0. The average molecular weight is 280 g/mol. The third-order valence-electron chi connectivity index (χ3n) is 3.03. The van der Waals surface area contributed by atoms with Crippen LogP contribution < -0.4 is 4.74 Å². The number of hydrogen-bond acceptors (Lipinski definition) is 4. The van der Waals surface area contributed by atoms with Crippen LogP contribution in [0.5, 0.6) is 11.6 Å². The molecule has 0 aliphatic heterocycles. The minimum Gasteiger partial charge on any atom is -0.478 e. The Balaban J connectivity index is 2.14. The van der Waals surface area contributed by atoms with Crippen molar-refractivity contribution in [1.82, 2.24) is 9.97 Å². The summed E-state index contributed by atoms with van der Waals surface area (Å²) in [5, 5.41) is 10.0. The Morgan fingerprint density at radius 2 is 1.95 bits per heavy atom. The van der Waals surface area contributed by atoms with Crippen molar-refractivity contribution in [3.05, 3.63) is 59.9 Å². The smallest absolute Gasteiger partial charge is 0.340 e. The minimum atomic E-state index is -1.06. The summed E-state index contributed by atoms with van der Waals surface area (Å²) in [6, 6.07) is 12.4. The SMILES string of the molecule is Cc1cccc(Oc2cnc3ccccc3c2C(=O)O)n1. The van der Waals surface area contributed by atoms with Gasteiger partial charge in [-0.3, -0.25) is 4.98 Å². The van der Waals surface area contributed by atoms with Crippen LogP contribution in [-0.4, -0.2) is 21.0 Å². The Kier molecular flexibility index (Phi) is 3.23. The van der Waals surface area contributed by atoms with Crippen LogP contribution >= 0.6 is 0 Å². The van der Waals surface area contributed by atoms with Crippen LogP contribution in [0.15, 0.2) is 48.7 Å². The molecule has 1 aromatic carbocycles. The van der Waals surface area contributed by atoms with Crippen LogP contribution in [0.4, 0.5) is 0 Å². The molecule has 5 nitrogen and oxygen atoms in total. The zero-order chi connectivity index (χ0) is 14.8. The fourth-order valence-corrected chi connectivity index (χ4v) is 2.11. The van der Waals surface area contributed by atoms with Crippen molar-refractivity contribution < 1.29 is 14.6 Å². The molecule has 0 aliphatic rings. The number of carboxylic acid groups (broad SMARTS) is 1. The lowest BCUT2D eigenvalue weighted by molar-refractivity contribution is 0.0696. The van der Waals surface area contributed by atoms with Crippen molar-refractivity contribution in [2.45, 2.75) is 6.92 Å². The molecule has 3 aromatic rings. The third-order valence-corrected chi connectivity index (χ3v) is 3.03. The average Bonchev–Trinajstić information content (AvgIpc) is 2.46. The van der Waals surface area contributed by atoms with Gasteiger partial charge < -0.3 is 9.84 Å². The third kappa shape index (κ3) is 2.53. The summed E-state index contributed by atoms with van der Waals surface area (Å²) in [5.41, 5.74) is 1.49. The summed E-state index contributed by atoms with van der Waals surface area (Å²) in [5.74, 6) is -0.537. The van der Waals surface area contributed by atoms with Crippen molar-refractivity contribution in [2.24, 2.45) is 0 Å². The monoisotopic (exact) mass is 280 g/mol. The van der Waals surface area contributed by atoms with E-state index in [9.17, 15) is 9.90 Å². The molecule has 104 valence electrons. The zero-order valence-corrected chi connectivity index (χ0v) is 11.3. The topological polar surface area (TPSA) is 72.3 Å². The van der Waals surface area contributed by atoms with Crippen molar-refractivity contribution in [1.29, 1.82) is 0 Å². The van der Waals surface area contributed by atoms with Gasteiger partial charge in [0.2, 0.25) is 5.88 Å². The Morgan fingerprint density at radius 1 is 1.14 bits per heavy atom. The highest BCUT2D eigenvalue weighted by Crippen LogP contribution is 2.29. The van der Waals surface area contributed by atoms with Crippen LogP contribution in [0, 0.1) is 6.92 Å². The molecule has 0 unspecified atom stereocenters. The summed E-state index contributed by atoms with van der Waals surface area (Å²) in [7, 11) is 0. The fraction of sp³-hybridized carbons (Fsp3) is 0.0625. The number of hydrogen-bond donors (Lipinski definition) is 1. The quantitative estimate of drug-likeness (QED) is 0.795. The van der Waals surface area contributed by atoms with Crippen LogP contribution in [-0.2, 0) is 0 Å². The maximum Gasteiger partial charge on any atom is 0.340 e. The lowest BCUT2D eigenvalue weighted by atomic mass is 10.1. The van der Waals surface area contributed by atoms with Gasteiger partial charge in [-0.2, -0.15) is 0 Å². The van der Waals surface area contributed by atoms with E-state index in [0.717, 1.165) is 5.69 Å². The number of pyridine rings is 2. The Labute approximate surface area is 120 Å². The molecule has 21 heavy (non-hydrogen) atoms. The molecule has 0 saturated carbocycles. The van der Waals surface area contributed by atoms with E-state index in [1.165, 1.54) is 6.20 Å². The first-order valence-electron chi connectivity index (χ1n) is 6.38. The van der Waals surface area contributed by atoms with Gasteiger partial charge >= 0.3 is 5.97 Å². The molecule has 0 bridgehead atoms. The number of carboxylic acids is 1. The molecule has 3 rings (SSSR count). The van der Waals surface area contributed by atoms with E-state index >= 15 is 0 Å². The molecular formula is C16H12N2O3. The molecule has 2 aromatic heterocycles. The van der Waals surface area contributed by atoms with Crippen LogP contribution in [0.2, 0.25) is 0 Å². The second-order valence-corrected chi connectivity index (χ2v) is 4.54. The van der Waals surface area contributed by atoms with Gasteiger partial charge in [-0.1, -0.05) is 24.3 Å². The van der Waals surface area contributed by atoms with Gasteiger partial charge in [0, 0.05) is 17.1 Å². The van der Waals surface area contributed by atoms with Gasteiger partial charge in [-0.25, -0.2) is 9.78 Å². The molecule has 0 amide bonds.